The van der Waals surface area contributed by atoms with Gasteiger partial charge in [0.15, 0.2) is 0 Å². The van der Waals surface area contributed by atoms with E-state index in [2.05, 4.69) is 19.8 Å². The van der Waals surface area contributed by atoms with Crippen LogP contribution in [0.15, 0.2) is 18.6 Å². The van der Waals surface area contributed by atoms with Gasteiger partial charge in [-0.15, -0.1) is 0 Å². The highest BCUT2D eigenvalue weighted by atomic mass is 16.2. The number of carbonyl (C=O) groups excluding carboxylic acids is 2. The van der Waals surface area contributed by atoms with Crippen molar-refractivity contribution in [3.63, 3.8) is 0 Å². The number of aromatic nitrogens is 2. The Kier molecular flexibility index (Phi) is 5.10. The highest BCUT2D eigenvalue weighted by molar-refractivity contribution is 5.84. The van der Waals surface area contributed by atoms with Crippen LogP contribution in [0.3, 0.4) is 0 Å². The van der Waals surface area contributed by atoms with E-state index in [0.29, 0.717) is 32.1 Å². The molecule has 0 atom stereocenters. The normalized spacial score (nSPS) is 34.8. The van der Waals surface area contributed by atoms with Gasteiger partial charge in [0.25, 0.3) is 0 Å². The molecule has 2 aliphatic heterocycles. The molecule has 1 aromatic rings. The van der Waals surface area contributed by atoms with Crippen LogP contribution in [0.4, 0.5) is 5.82 Å². The van der Waals surface area contributed by atoms with Crippen LogP contribution in [-0.4, -0.2) is 70.9 Å². The highest BCUT2D eigenvalue weighted by Crippen LogP contribution is 2.60. The van der Waals surface area contributed by atoms with Crippen LogP contribution in [0.1, 0.15) is 51.4 Å². The number of hydrogen-bond acceptors (Lipinski definition) is 5. The summed E-state index contributed by atoms with van der Waals surface area (Å²) in [6, 6.07) is 0. The van der Waals surface area contributed by atoms with Gasteiger partial charge in [0.05, 0.1) is 11.6 Å². The smallest absolute Gasteiger partial charge is 0.228 e. The molecule has 0 aromatic carbocycles. The monoisotopic (exact) mass is 437 g/mol. The van der Waals surface area contributed by atoms with Crippen molar-refractivity contribution >= 4 is 17.6 Å². The van der Waals surface area contributed by atoms with Crippen molar-refractivity contribution in [3.8, 4) is 0 Å². The van der Waals surface area contributed by atoms with Crippen molar-refractivity contribution in [2.45, 2.75) is 51.4 Å². The minimum atomic E-state index is -0.0614. The molecule has 6 fully saturated rings. The maximum atomic E-state index is 13.6. The molecule has 7 heteroatoms. The Balaban J connectivity index is 1.02. The zero-order valence-corrected chi connectivity index (χ0v) is 19.0. The molecule has 0 N–H and O–H groups in total. The summed E-state index contributed by atoms with van der Waals surface area (Å²) in [6.07, 6.45) is 14.4. The molecular weight excluding hydrogens is 402 g/mol. The van der Waals surface area contributed by atoms with E-state index in [1.807, 2.05) is 4.90 Å². The van der Waals surface area contributed by atoms with Gasteiger partial charge in [0.1, 0.15) is 5.82 Å². The highest BCUT2D eigenvalue weighted by Gasteiger charge is 2.55. The van der Waals surface area contributed by atoms with Crippen molar-refractivity contribution in [3.05, 3.63) is 18.6 Å². The van der Waals surface area contributed by atoms with Crippen LogP contribution in [0, 0.1) is 29.1 Å². The zero-order valence-electron chi connectivity index (χ0n) is 19.0. The summed E-state index contributed by atoms with van der Waals surface area (Å²) in [6.45, 7) is 4.51. The van der Waals surface area contributed by atoms with Gasteiger partial charge >= 0.3 is 0 Å². The van der Waals surface area contributed by atoms with Crippen LogP contribution in [-0.2, 0) is 9.59 Å². The molecule has 172 valence electrons. The van der Waals surface area contributed by atoms with Crippen molar-refractivity contribution < 1.29 is 9.59 Å². The molecule has 4 aliphatic carbocycles. The summed E-state index contributed by atoms with van der Waals surface area (Å²) in [5.41, 5.74) is -0.0614. The van der Waals surface area contributed by atoms with E-state index in [1.54, 1.807) is 18.6 Å². The molecule has 0 unspecified atom stereocenters. The SMILES string of the molecule is O=C(C1CCN(c2cnccn2)CC1)N1CCN(C(=O)C23CC4CC(CC(C4)C2)C3)CC1. The third kappa shape index (κ3) is 3.57. The summed E-state index contributed by atoms with van der Waals surface area (Å²) in [7, 11) is 0. The quantitative estimate of drug-likeness (QED) is 0.727. The number of carbonyl (C=O) groups is 2. The van der Waals surface area contributed by atoms with E-state index in [1.165, 1.54) is 19.3 Å². The predicted molar refractivity (Wildman–Crippen MR) is 121 cm³/mol. The van der Waals surface area contributed by atoms with Gasteiger partial charge in [0, 0.05) is 57.6 Å². The first-order valence-corrected chi connectivity index (χ1v) is 12.7. The molecule has 7 nitrogen and oxygen atoms in total. The fraction of sp³-hybridized carbons (Fsp3) is 0.760. The number of hydrogen-bond donors (Lipinski definition) is 0. The average Bonchev–Trinajstić information content (AvgIpc) is 2.83. The fourth-order valence-corrected chi connectivity index (χ4v) is 7.91. The molecule has 2 amide bonds. The number of anilines is 1. The lowest BCUT2D eigenvalue weighted by Crippen LogP contribution is -2.59. The second-order valence-electron chi connectivity index (χ2n) is 11.1. The number of amides is 2. The van der Waals surface area contributed by atoms with Gasteiger partial charge in [-0.2, -0.15) is 0 Å². The topological polar surface area (TPSA) is 69.6 Å². The number of piperazine rings is 1. The molecular formula is C25H35N5O2. The van der Waals surface area contributed by atoms with Gasteiger partial charge < -0.3 is 14.7 Å². The Morgan fingerprint density at radius 1 is 0.812 bits per heavy atom. The molecule has 6 aliphatic rings. The minimum Gasteiger partial charge on any atom is -0.355 e. The van der Waals surface area contributed by atoms with Gasteiger partial charge in [-0.3, -0.25) is 14.6 Å². The van der Waals surface area contributed by atoms with Crippen LogP contribution >= 0.6 is 0 Å². The van der Waals surface area contributed by atoms with Crippen LogP contribution in [0.5, 0.6) is 0 Å². The third-order valence-electron chi connectivity index (χ3n) is 9.09. The number of piperidine rings is 1. The molecule has 0 spiro atoms. The summed E-state index contributed by atoms with van der Waals surface area (Å²) in [4.78, 5) is 41.7. The van der Waals surface area contributed by atoms with Gasteiger partial charge in [-0.05, 0) is 69.1 Å². The molecule has 7 rings (SSSR count). The summed E-state index contributed by atoms with van der Waals surface area (Å²) in [5.74, 6) is 4.07. The largest absolute Gasteiger partial charge is 0.355 e. The van der Waals surface area contributed by atoms with E-state index in [-0.39, 0.29) is 17.2 Å². The van der Waals surface area contributed by atoms with Gasteiger partial charge in [-0.25, -0.2) is 4.98 Å². The minimum absolute atomic E-state index is 0.0614. The standard InChI is InChI=1S/C25H35N5O2/c31-23(21-1-5-28(6-2-21)22-17-26-3-4-27-22)29-7-9-30(10-8-29)24(32)25-14-18-11-19(15-25)13-20(12-18)16-25/h3-4,17-21H,1-2,5-16H2. The van der Waals surface area contributed by atoms with Crippen LogP contribution < -0.4 is 4.90 Å². The first-order valence-electron chi connectivity index (χ1n) is 12.7. The molecule has 3 heterocycles. The Bertz CT molecular complexity index is 823. The molecule has 1 aromatic heterocycles. The van der Waals surface area contributed by atoms with Crippen molar-refractivity contribution in [2.75, 3.05) is 44.2 Å². The van der Waals surface area contributed by atoms with Gasteiger partial charge in [-0.1, -0.05) is 0 Å². The molecule has 0 radical (unpaired) electrons. The third-order valence-corrected chi connectivity index (χ3v) is 9.09. The van der Waals surface area contributed by atoms with Crippen LogP contribution in [0.25, 0.3) is 0 Å². The maximum absolute atomic E-state index is 13.6. The fourth-order valence-electron chi connectivity index (χ4n) is 7.91. The summed E-state index contributed by atoms with van der Waals surface area (Å²) >= 11 is 0. The Morgan fingerprint density at radius 2 is 1.41 bits per heavy atom. The lowest BCUT2D eigenvalue weighted by atomic mass is 9.49. The molecule has 4 bridgehead atoms. The van der Waals surface area contributed by atoms with Crippen molar-refractivity contribution in [2.24, 2.45) is 29.1 Å². The van der Waals surface area contributed by atoms with Crippen molar-refractivity contribution in [1.82, 2.24) is 19.8 Å². The van der Waals surface area contributed by atoms with Crippen LogP contribution in [0.2, 0.25) is 0 Å². The summed E-state index contributed by atoms with van der Waals surface area (Å²) < 4.78 is 0. The lowest BCUT2D eigenvalue weighted by Gasteiger charge is -2.57. The first-order chi connectivity index (χ1) is 15.6. The summed E-state index contributed by atoms with van der Waals surface area (Å²) in [5, 5.41) is 0. The Hall–Kier alpha value is -2.18. The molecule has 32 heavy (non-hydrogen) atoms. The second kappa shape index (κ2) is 7.99. The average molecular weight is 438 g/mol. The maximum Gasteiger partial charge on any atom is 0.228 e. The number of nitrogens with zero attached hydrogens (tertiary/aromatic N) is 5. The first kappa shape index (κ1) is 20.4. The molecule has 2 saturated heterocycles. The van der Waals surface area contributed by atoms with E-state index >= 15 is 0 Å². The number of rotatable bonds is 3. The lowest BCUT2D eigenvalue weighted by molar-refractivity contribution is -0.161. The predicted octanol–water partition coefficient (Wildman–Crippen LogP) is 2.58. The van der Waals surface area contributed by atoms with E-state index < -0.39 is 0 Å². The molecule has 4 saturated carbocycles. The van der Waals surface area contributed by atoms with Crippen molar-refractivity contribution in [1.29, 1.82) is 0 Å². The van der Waals surface area contributed by atoms with E-state index in [9.17, 15) is 9.59 Å². The van der Waals surface area contributed by atoms with E-state index in [0.717, 1.165) is 68.8 Å². The second-order valence-corrected chi connectivity index (χ2v) is 11.1. The van der Waals surface area contributed by atoms with E-state index in [4.69, 9.17) is 0 Å². The Morgan fingerprint density at radius 3 is 1.97 bits per heavy atom. The Labute approximate surface area is 190 Å². The zero-order chi connectivity index (χ0) is 21.7. The van der Waals surface area contributed by atoms with Gasteiger partial charge in [0.2, 0.25) is 11.8 Å².